The second-order valence-corrected chi connectivity index (χ2v) is 6.88. The number of amides is 1. The van der Waals surface area contributed by atoms with Crippen LogP contribution in [0, 0.1) is 13.8 Å². The molecule has 1 rings (SSSR count). The van der Waals surface area contributed by atoms with Crippen molar-refractivity contribution in [3.05, 3.63) is 23.2 Å². The molecule has 2 N–H and O–H groups in total. The fourth-order valence-electron chi connectivity index (χ4n) is 2.29. The van der Waals surface area contributed by atoms with E-state index in [0.29, 0.717) is 0 Å². The van der Waals surface area contributed by atoms with Gasteiger partial charge in [0, 0.05) is 17.6 Å². The normalized spacial score (nSPS) is 14.5. The standard InChI is InChI=1S/C17H30N2O3/c1-11(19-16(20)22-17(5,6)7)8-9-18-13(3)15-10-12(2)21-14(15)4/h10-11,13,18H,8-9H2,1-7H3,(H,19,20). The Bertz CT molecular complexity index is 489. The Balaban J connectivity index is 2.31. The molecule has 0 aliphatic heterocycles. The lowest BCUT2D eigenvalue weighted by atomic mass is 10.1. The van der Waals surface area contributed by atoms with Crippen molar-refractivity contribution in [2.24, 2.45) is 0 Å². The summed E-state index contributed by atoms with van der Waals surface area (Å²) in [4.78, 5) is 11.7. The molecule has 126 valence electrons. The molecule has 0 radical (unpaired) electrons. The van der Waals surface area contributed by atoms with Gasteiger partial charge in [0.2, 0.25) is 0 Å². The van der Waals surface area contributed by atoms with Crippen LogP contribution in [0.3, 0.4) is 0 Å². The predicted octanol–water partition coefficient (Wildman–Crippen LogP) is 3.85. The summed E-state index contributed by atoms with van der Waals surface area (Å²) in [6.45, 7) is 14.4. The van der Waals surface area contributed by atoms with E-state index < -0.39 is 5.60 Å². The van der Waals surface area contributed by atoms with Crippen molar-refractivity contribution in [3.8, 4) is 0 Å². The molecule has 0 fully saturated rings. The molecule has 0 aromatic carbocycles. The molecule has 0 saturated carbocycles. The van der Waals surface area contributed by atoms with Crippen molar-refractivity contribution in [3.63, 3.8) is 0 Å². The maximum atomic E-state index is 11.7. The first-order valence-electron chi connectivity index (χ1n) is 7.88. The van der Waals surface area contributed by atoms with Gasteiger partial charge in [-0.05, 0) is 67.5 Å². The van der Waals surface area contributed by atoms with E-state index in [1.165, 1.54) is 5.56 Å². The van der Waals surface area contributed by atoms with Crippen LogP contribution in [0.1, 0.15) is 64.2 Å². The Morgan fingerprint density at radius 1 is 1.32 bits per heavy atom. The molecule has 1 aromatic heterocycles. The minimum atomic E-state index is -0.465. The molecule has 0 bridgehead atoms. The number of carbonyl (C=O) groups is 1. The van der Waals surface area contributed by atoms with Gasteiger partial charge in [-0.25, -0.2) is 4.79 Å². The van der Waals surface area contributed by atoms with Crippen molar-refractivity contribution >= 4 is 6.09 Å². The summed E-state index contributed by atoms with van der Waals surface area (Å²) in [7, 11) is 0. The van der Waals surface area contributed by atoms with Crippen molar-refractivity contribution < 1.29 is 13.9 Å². The molecule has 1 heterocycles. The maximum absolute atomic E-state index is 11.7. The van der Waals surface area contributed by atoms with E-state index in [0.717, 1.165) is 24.5 Å². The minimum Gasteiger partial charge on any atom is -0.466 e. The van der Waals surface area contributed by atoms with Gasteiger partial charge >= 0.3 is 6.09 Å². The van der Waals surface area contributed by atoms with Crippen LogP contribution in [0.2, 0.25) is 0 Å². The molecule has 0 aliphatic rings. The third kappa shape index (κ3) is 6.52. The third-order valence-electron chi connectivity index (χ3n) is 3.34. The SMILES string of the molecule is Cc1cc(C(C)NCCC(C)NC(=O)OC(C)(C)C)c(C)o1. The van der Waals surface area contributed by atoms with Gasteiger partial charge in [-0.15, -0.1) is 0 Å². The summed E-state index contributed by atoms with van der Waals surface area (Å²) in [5.41, 5.74) is 0.720. The van der Waals surface area contributed by atoms with Gasteiger partial charge in [-0.2, -0.15) is 0 Å². The predicted molar refractivity (Wildman–Crippen MR) is 88.0 cm³/mol. The quantitative estimate of drug-likeness (QED) is 0.837. The Kier molecular flexibility index (Phi) is 6.48. The molecule has 0 spiro atoms. The van der Waals surface area contributed by atoms with Crippen molar-refractivity contribution in [2.45, 2.75) is 72.6 Å². The smallest absolute Gasteiger partial charge is 0.407 e. The lowest BCUT2D eigenvalue weighted by Gasteiger charge is -2.22. The summed E-state index contributed by atoms with van der Waals surface area (Å²) in [5.74, 6) is 1.89. The first kappa shape index (κ1) is 18.6. The van der Waals surface area contributed by atoms with Gasteiger partial charge in [-0.3, -0.25) is 0 Å². The van der Waals surface area contributed by atoms with Crippen LogP contribution in [-0.4, -0.2) is 24.3 Å². The average Bonchev–Trinajstić information content (AvgIpc) is 2.65. The van der Waals surface area contributed by atoms with Gasteiger partial charge in [0.15, 0.2) is 0 Å². The molecule has 5 nitrogen and oxygen atoms in total. The lowest BCUT2D eigenvalue weighted by molar-refractivity contribution is 0.0506. The van der Waals surface area contributed by atoms with Gasteiger partial charge in [0.05, 0.1) is 0 Å². The van der Waals surface area contributed by atoms with E-state index >= 15 is 0 Å². The zero-order valence-corrected chi connectivity index (χ0v) is 14.9. The van der Waals surface area contributed by atoms with E-state index in [1.807, 2.05) is 41.5 Å². The Labute approximate surface area is 133 Å². The fraction of sp³-hybridized carbons (Fsp3) is 0.706. The summed E-state index contributed by atoms with van der Waals surface area (Å²) in [6.07, 6.45) is 0.466. The minimum absolute atomic E-state index is 0.0572. The highest BCUT2D eigenvalue weighted by atomic mass is 16.6. The lowest BCUT2D eigenvalue weighted by Crippen LogP contribution is -2.39. The first-order valence-corrected chi connectivity index (χ1v) is 7.88. The highest BCUT2D eigenvalue weighted by Gasteiger charge is 2.18. The molecule has 0 aliphatic carbocycles. The zero-order chi connectivity index (χ0) is 16.9. The number of rotatable bonds is 6. The monoisotopic (exact) mass is 310 g/mol. The Morgan fingerprint density at radius 2 is 1.95 bits per heavy atom. The number of ether oxygens (including phenoxy) is 1. The fourth-order valence-corrected chi connectivity index (χ4v) is 2.29. The second-order valence-electron chi connectivity index (χ2n) is 6.88. The van der Waals surface area contributed by atoms with Gasteiger partial charge in [-0.1, -0.05) is 0 Å². The highest BCUT2D eigenvalue weighted by Crippen LogP contribution is 2.21. The molecular weight excluding hydrogens is 280 g/mol. The van der Waals surface area contributed by atoms with Crippen LogP contribution in [0.25, 0.3) is 0 Å². The molecule has 2 atom stereocenters. The highest BCUT2D eigenvalue weighted by molar-refractivity contribution is 5.67. The first-order chi connectivity index (χ1) is 10.1. The van der Waals surface area contributed by atoms with Crippen LogP contribution in [0.5, 0.6) is 0 Å². The molecule has 0 saturated heterocycles. The van der Waals surface area contributed by atoms with Gasteiger partial charge in [0.1, 0.15) is 17.1 Å². The number of alkyl carbamates (subject to hydrolysis) is 1. The van der Waals surface area contributed by atoms with E-state index in [2.05, 4.69) is 23.6 Å². The number of carbonyl (C=O) groups excluding carboxylic acids is 1. The molecule has 2 unspecified atom stereocenters. The Hall–Kier alpha value is -1.49. The summed E-state index contributed by atoms with van der Waals surface area (Å²) in [5, 5.41) is 6.30. The van der Waals surface area contributed by atoms with E-state index in [9.17, 15) is 4.79 Å². The Morgan fingerprint density at radius 3 is 2.45 bits per heavy atom. The number of aryl methyl sites for hydroxylation is 2. The summed E-state index contributed by atoms with van der Waals surface area (Å²) in [6, 6.07) is 2.35. The molecule has 1 amide bonds. The van der Waals surface area contributed by atoms with E-state index in [4.69, 9.17) is 9.15 Å². The molecule has 5 heteroatoms. The van der Waals surface area contributed by atoms with Crippen LogP contribution < -0.4 is 10.6 Å². The van der Waals surface area contributed by atoms with E-state index in [1.54, 1.807) is 0 Å². The van der Waals surface area contributed by atoms with Gasteiger partial charge < -0.3 is 19.8 Å². The van der Waals surface area contributed by atoms with E-state index in [-0.39, 0.29) is 18.2 Å². The molecular formula is C17H30N2O3. The van der Waals surface area contributed by atoms with Gasteiger partial charge in [0.25, 0.3) is 0 Å². The number of hydrogen-bond donors (Lipinski definition) is 2. The topological polar surface area (TPSA) is 63.5 Å². The van der Waals surface area contributed by atoms with Crippen LogP contribution in [0.4, 0.5) is 4.79 Å². The summed E-state index contributed by atoms with van der Waals surface area (Å²) < 4.78 is 10.8. The second kappa shape index (κ2) is 7.68. The third-order valence-corrected chi connectivity index (χ3v) is 3.34. The zero-order valence-electron chi connectivity index (χ0n) is 14.9. The van der Waals surface area contributed by atoms with Crippen LogP contribution in [0.15, 0.2) is 10.5 Å². The van der Waals surface area contributed by atoms with Crippen LogP contribution in [-0.2, 0) is 4.74 Å². The van der Waals surface area contributed by atoms with Crippen molar-refractivity contribution in [1.29, 1.82) is 0 Å². The number of hydrogen-bond acceptors (Lipinski definition) is 4. The number of furan rings is 1. The molecule has 1 aromatic rings. The maximum Gasteiger partial charge on any atom is 0.407 e. The van der Waals surface area contributed by atoms with Crippen molar-refractivity contribution in [2.75, 3.05) is 6.54 Å². The van der Waals surface area contributed by atoms with Crippen molar-refractivity contribution in [1.82, 2.24) is 10.6 Å². The largest absolute Gasteiger partial charge is 0.466 e. The number of nitrogens with one attached hydrogen (secondary N) is 2. The molecule has 22 heavy (non-hydrogen) atoms. The average molecular weight is 310 g/mol. The van der Waals surface area contributed by atoms with Crippen LogP contribution >= 0.6 is 0 Å². The summed E-state index contributed by atoms with van der Waals surface area (Å²) >= 11 is 0.